The second-order valence-electron chi connectivity index (χ2n) is 6.48. The van der Waals surface area contributed by atoms with Crippen LogP contribution in [-0.4, -0.2) is 23.0 Å². The minimum Gasteiger partial charge on any atom is -0.268 e. The number of nitrogens with zero attached hydrogens (tertiary/aromatic N) is 3. The molecular formula is C20H18N4O3S2. The van der Waals surface area contributed by atoms with Crippen molar-refractivity contribution in [3.63, 3.8) is 0 Å². The van der Waals surface area contributed by atoms with E-state index in [1.54, 1.807) is 17.5 Å². The van der Waals surface area contributed by atoms with Gasteiger partial charge in [0, 0.05) is 18.0 Å². The topological polar surface area (TPSA) is 94.0 Å². The van der Waals surface area contributed by atoms with Crippen molar-refractivity contribution in [2.24, 2.45) is 0 Å². The Bertz CT molecular complexity index is 1340. The lowest BCUT2D eigenvalue weighted by Gasteiger charge is -2.13. The molecule has 0 unspecified atom stereocenters. The molecule has 2 aromatic carbocycles. The molecule has 2 aromatic heterocycles. The molecule has 148 valence electrons. The van der Waals surface area contributed by atoms with Gasteiger partial charge in [-0.05, 0) is 43.3 Å². The van der Waals surface area contributed by atoms with Crippen LogP contribution in [0.4, 0.5) is 5.13 Å². The summed E-state index contributed by atoms with van der Waals surface area (Å²) < 4.78 is 29.0. The molecular weight excluding hydrogens is 408 g/mol. The summed E-state index contributed by atoms with van der Waals surface area (Å²) in [5.74, 6) is 0.614. The first-order valence-electron chi connectivity index (χ1n) is 8.94. The zero-order valence-corrected chi connectivity index (χ0v) is 17.4. The lowest BCUT2D eigenvalue weighted by molar-refractivity contribution is 0.601. The fraction of sp³-hybridized carbons (Fsp3) is 0.150. The molecule has 0 aliphatic heterocycles. The number of sulfonamides is 1. The zero-order chi connectivity index (χ0) is 20.6. The Morgan fingerprint density at radius 3 is 2.55 bits per heavy atom. The van der Waals surface area contributed by atoms with Crippen molar-refractivity contribution < 1.29 is 8.42 Å². The van der Waals surface area contributed by atoms with E-state index in [0.29, 0.717) is 34.0 Å². The smallest absolute Gasteiger partial charge is 0.265 e. The van der Waals surface area contributed by atoms with Crippen molar-refractivity contribution in [2.45, 2.75) is 25.2 Å². The second-order valence-corrected chi connectivity index (χ2v) is 9.06. The Morgan fingerprint density at radius 1 is 1.14 bits per heavy atom. The van der Waals surface area contributed by atoms with Crippen LogP contribution in [0.2, 0.25) is 0 Å². The highest BCUT2D eigenvalue weighted by Gasteiger charge is 2.17. The minimum atomic E-state index is -3.75. The van der Waals surface area contributed by atoms with E-state index in [4.69, 9.17) is 0 Å². The van der Waals surface area contributed by atoms with Crippen LogP contribution in [0.5, 0.6) is 0 Å². The molecule has 29 heavy (non-hydrogen) atoms. The van der Waals surface area contributed by atoms with Gasteiger partial charge in [0.1, 0.15) is 5.82 Å². The monoisotopic (exact) mass is 426 g/mol. The first-order chi connectivity index (χ1) is 13.9. The summed E-state index contributed by atoms with van der Waals surface area (Å²) >= 11 is 1.20. The number of fused-ring (bicyclic) bond motifs is 1. The number of nitrogens with one attached hydrogen (secondary N) is 1. The summed E-state index contributed by atoms with van der Waals surface area (Å²) in [5.41, 5.74) is 2.02. The van der Waals surface area contributed by atoms with Crippen molar-refractivity contribution in [3.8, 4) is 5.69 Å². The summed E-state index contributed by atoms with van der Waals surface area (Å²) in [6, 6.07) is 11.7. The largest absolute Gasteiger partial charge is 0.268 e. The van der Waals surface area contributed by atoms with Gasteiger partial charge in [-0.25, -0.2) is 18.4 Å². The lowest BCUT2D eigenvalue weighted by atomic mass is 10.1. The van der Waals surface area contributed by atoms with Gasteiger partial charge >= 0.3 is 0 Å². The summed E-state index contributed by atoms with van der Waals surface area (Å²) in [5, 5.41) is 2.52. The average molecular weight is 427 g/mol. The third-order valence-electron chi connectivity index (χ3n) is 4.47. The normalized spacial score (nSPS) is 11.7. The zero-order valence-electron chi connectivity index (χ0n) is 15.8. The summed E-state index contributed by atoms with van der Waals surface area (Å²) in [6.45, 7) is 3.85. The molecule has 0 amide bonds. The minimum absolute atomic E-state index is 0.0899. The molecule has 9 heteroatoms. The summed E-state index contributed by atoms with van der Waals surface area (Å²) in [6.07, 6.45) is 2.09. The van der Waals surface area contributed by atoms with E-state index in [0.717, 1.165) is 5.56 Å². The van der Waals surface area contributed by atoms with Gasteiger partial charge in [0.25, 0.3) is 15.6 Å². The van der Waals surface area contributed by atoms with Crippen molar-refractivity contribution in [2.75, 3.05) is 4.72 Å². The van der Waals surface area contributed by atoms with E-state index in [1.165, 1.54) is 34.2 Å². The van der Waals surface area contributed by atoms with E-state index >= 15 is 0 Å². The van der Waals surface area contributed by atoms with Gasteiger partial charge in [-0.2, -0.15) is 0 Å². The van der Waals surface area contributed by atoms with Crippen molar-refractivity contribution >= 4 is 37.4 Å². The third kappa shape index (κ3) is 3.66. The molecule has 0 saturated carbocycles. The number of aromatic nitrogens is 3. The van der Waals surface area contributed by atoms with Crippen LogP contribution in [0.15, 0.2) is 63.7 Å². The van der Waals surface area contributed by atoms with Gasteiger partial charge < -0.3 is 0 Å². The van der Waals surface area contributed by atoms with Gasteiger partial charge in [0.2, 0.25) is 0 Å². The number of aryl methyl sites for hydroxylation is 2. The van der Waals surface area contributed by atoms with Crippen LogP contribution in [-0.2, 0) is 16.4 Å². The molecule has 4 rings (SSSR count). The first kappa shape index (κ1) is 19.3. The molecule has 0 saturated heterocycles. The van der Waals surface area contributed by atoms with Crippen molar-refractivity contribution in [1.29, 1.82) is 0 Å². The molecule has 0 spiro atoms. The number of rotatable bonds is 5. The molecule has 0 atom stereocenters. The SMILES string of the molecule is CCc1nc2ccc(C)cc2c(=O)n1-c1ccc(S(=O)(=O)Nc2nccs2)cc1. The average Bonchev–Trinajstić information content (AvgIpc) is 3.20. The fourth-order valence-electron chi connectivity index (χ4n) is 3.07. The maximum atomic E-state index is 13.1. The molecule has 7 nitrogen and oxygen atoms in total. The fourth-order valence-corrected chi connectivity index (χ4v) is 4.86. The number of hydrogen-bond acceptors (Lipinski definition) is 6. The number of thiazole rings is 1. The molecule has 0 fully saturated rings. The molecule has 0 aliphatic rings. The predicted molar refractivity (Wildman–Crippen MR) is 114 cm³/mol. The van der Waals surface area contributed by atoms with E-state index in [1.807, 2.05) is 32.0 Å². The Kier molecular flexibility index (Phi) is 4.93. The molecule has 0 aliphatic carbocycles. The molecule has 0 radical (unpaired) electrons. The lowest BCUT2D eigenvalue weighted by Crippen LogP contribution is -2.24. The summed E-state index contributed by atoms with van der Waals surface area (Å²) in [7, 11) is -3.75. The number of anilines is 1. The van der Waals surface area contributed by atoms with Crippen molar-refractivity contribution in [3.05, 3.63) is 75.8 Å². The Hall–Kier alpha value is -3.04. The first-order valence-corrected chi connectivity index (χ1v) is 11.3. The van der Waals surface area contributed by atoms with E-state index in [2.05, 4.69) is 14.7 Å². The molecule has 4 aromatic rings. The van der Waals surface area contributed by atoms with E-state index in [9.17, 15) is 13.2 Å². The Balaban J connectivity index is 1.79. The van der Waals surface area contributed by atoms with Crippen molar-refractivity contribution in [1.82, 2.24) is 14.5 Å². The molecule has 2 heterocycles. The number of benzene rings is 2. The van der Waals surface area contributed by atoms with Crippen LogP contribution in [0, 0.1) is 6.92 Å². The van der Waals surface area contributed by atoms with Crippen LogP contribution in [0.1, 0.15) is 18.3 Å². The predicted octanol–water partition coefficient (Wildman–Crippen LogP) is 3.51. The molecule has 1 N–H and O–H groups in total. The standard InChI is InChI=1S/C20H18N4O3S2/c1-3-18-22-17-9-4-13(2)12-16(17)19(25)24(18)14-5-7-15(8-6-14)29(26,27)23-20-21-10-11-28-20/h4-12H,3H2,1-2H3,(H,21,23). The van der Waals surface area contributed by atoms with Gasteiger partial charge in [-0.15, -0.1) is 11.3 Å². The maximum absolute atomic E-state index is 13.1. The van der Waals surface area contributed by atoms with Crippen LogP contribution in [0.25, 0.3) is 16.6 Å². The van der Waals surface area contributed by atoms with Crippen LogP contribution < -0.4 is 10.3 Å². The third-order valence-corrected chi connectivity index (χ3v) is 6.64. The van der Waals surface area contributed by atoms with Crippen LogP contribution in [0.3, 0.4) is 0 Å². The highest BCUT2D eigenvalue weighted by atomic mass is 32.2. The van der Waals surface area contributed by atoms with E-state index < -0.39 is 10.0 Å². The second kappa shape index (κ2) is 7.41. The van der Waals surface area contributed by atoms with Gasteiger partial charge in [0.05, 0.1) is 21.5 Å². The number of hydrogen-bond donors (Lipinski definition) is 1. The van der Waals surface area contributed by atoms with Crippen LogP contribution >= 0.6 is 11.3 Å². The maximum Gasteiger partial charge on any atom is 0.265 e. The highest BCUT2D eigenvalue weighted by Crippen LogP contribution is 2.20. The quantitative estimate of drug-likeness (QED) is 0.527. The summed E-state index contributed by atoms with van der Waals surface area (Å²) in [4.78, 5) is 21.8. The Labute approximate surface area is 171 Å². The van der Waals surface area contributed by atoms with E-state index in [-0.39, 0.29) is 10.5 Å². The molecule has 0 bridgehead atoms. The van der Waals surface area contributed by atoms with Gasteiger partial charge in [-0.1, -0.05) is 18.6 Å². The highest BCUT2D eigenvalue weighted by molar-refractivity contribution is 7.93. The van der Waals surface area contributed by atoms with Gasteiger partial charge in [0.15, 0.2) is 5.13 Å². The Morgan fingerprint density at radius 2 is 1.90 bits per heavy atom. The van der Waals surface area contributed by atoms with Gasteiger partial charge in [-0.3, -0.25) is 14.1 Å².